The average Bonchev–Trinajstić information content (AvgIpc) is 3.28. The smallest absolute Gasteiger partial charge is 0.216 e. The second-order valence-corrected chi connectivity index (χ2v) is 5.26. The number of H-pyrrole nitrogens is 1. The van der Waals surface area contributed by atoms with Crippen LogP contribution in [0.2, 0.25) is 0 Å². The largest absolute Gasteiger partial charge is 0.493 e. The molecular weight excluding hydrogens is 340 g/mol. The van der Waals surface area contributed by atoms with E-state index in [0.717, 1.165) is 11.3 Å². The number of rotatable bonds is 6. The lowest BCUT2D eigenvalue weighted by Crippen LogP contribution is -1.96. The van der Waals surface area contributed by atoms with Crippen molar-refractivity contribution in [2.24, 2.45) is 5.10 Å². The average molecular weight is 356 g/mol. The number of methoxy groups -OCH3 is 2. The lowest BCUT2D eigenvalue weighted by Gasteiger charge is -2.08. The van der Waals surface area contributed by atoms with Crippen LogP contribution in [0.25, 0.3) is 17.5 Å². The second kappa shape index (κ2) is 7.63. The van der Waals surface area contributed by atoms with Gasteiger partial charge in [-0.05, 0) is 54.7 Å². The number of hydrogen-bond acceptors (Lipinski definition) is 6. The van der Waals surface area contributed by atoms with E-state index in [4.69, 9.17) is 26.1 Å². The highest BCUT2D eigenvalue weighted by Gasteiger charge is 2.11. The van der Waals surface area contributed by atoms with E-state index >= 15 is 0 Å². The Morgan fingerprint density at radius 1 is 1.24 bits per heavy atom. The van der Waals surface area contributed by atoms with Gasteiger partial charge in [-0.2, -0.15) is 14.9 Å². The summed E-state index contributed by atoms with van der Waals surface area (Å²) in [5.74, 6) is 2.54. The third-order valence-corrected chi connectivity index (χ3v) is 3.63. The van der Waals surface area contributed by atoms with Gasteiger partial charge in [-0.15, -0.1) is 0 Å². The minimum Gasteiger partial charge on any atom is -0.493 e. The summed E-state index contributed by atoms with van der Waals surface area (Å²) in [4.78, 5) is 0. The molecule has 0 aliphatic carbocycles. The van der Waals surface area contributed by atoms with Crippen LogP contribution in [0.4, 0.5) is 0 Å². The molecule has 0 aliphatic rings. The van der Waals surface area contributed by atoms with E-state index < -0.39 is 0 Å². The number of ether oxygens (including phenoxy) is 2. The predicted octanol–water partition coefficient (Wildman–Crippen LogP) is 3.77. The molecule has 0 bridgehead atoms. The maximum Gasteiger partial charge on any atom is 0.216 e. The fourth-order valence-electron chi connectivity index (χ4n) is 2.19. The first-order chi connectivity index (χ1) is 12.2. The Labute approximate surface area is 149 Å². The summed E-state index contributed by atoms with van der Waals surface area (Å²) in [6.07, 6.45) is 6.77. The van der Waals surface area contributed by atoms with E-state index in [1.54, 1.807) is 44.9 Å². The molecule has 7 nitrogen and oxygen atoms in total. The van der Waals surface area contributed by atoms with Gasteiger partial charge in [0.1, 0.15) is 5.76 Å². The topological polar surface area (TPSA) is 77.6 Å². The van der Waals surface area contributed by atoms with Gasteiger partial charge in [0, 0.05) is 11.8 Å². The molecule has 3 rings (SSSR count). The number of benzene rings is 1. The Kier molecular flexibility index (Phi) is 5.10. The zero-order valence-corrected chi connectivity index (χ0v) is 14.5. The van der Waals surface area contributed by atoms with Crippen molar-refractivity contribution in [2.45, 2.75) is 0 Å². The first kappa shape index (κ1) is 16.7. The molecule has 3 aromatic rings. The highest BCUT2D eigenvalue weighted by Crippen LogP contribution is 2.31. The summed E-state index contributed by atoms with van der Waals surface area (Å²) in [5.41, 5.74) is 0.789. The molecule has 0 amide bonds. The molecule has 0 unspecified atom stereocenters. The Balaban J connectivity index is 1.90. The summed E-state index contributed by atoms with van der Waals surface area (Å²) in [6.45, 7) is 0. The summed E-state index contributed by atoms with van der Waals surface area (Å²) in [6, 6.07) is 9.14. The SMILES string of the molecule is COc1ccc(-c2n[nH]c(=S)n2N=CC=Cc2ccco2)cc1OC. The van der Waals surface area contributed by atoms with E-state index in [1.807, 2.05) is 24.3 Å². The molecule has 0 saturated carbocycles. The highest BCUT2D eigenvalue weighted by atomic mass is 32.1. The molecule has 1 N–H and O–H groups in total. The molecule has 0 radical (unpaired) electrons. The van der Waals surface area contributed by atoms with Gasteiger partial charge in [0.15, 0.2) is 17.3 Å². The number of allylic oxidation sites excluding steroid dienone is 1. The monoisotopic (exact) mass is 356 g/mol. The summed E-state index contributed by atoms with van der Waals surface area (Å²) in [5, 5.41) is 11.3. The van der Waals surface area contributed by atoms with Gasteiger partial charge in [-0.25, -0.2) is 5.10 Å². The maximum absolute atomic E-state index is 5.33. The van der Waals surface area contributed by atoms with Crippen LogP contribution in [-0.2, 0) is 0 Å². The minimum atomic E-state index is 0.382. The maximum atomic E-state index is 5.33. The van der Waals surface area contributed by atoms with Gasteiger partial charge in [-0.3, -0.25) is 0 Å². The molecule has 2 aromatic heterocycles. The lowest BCUT2D eigenvalue weighted by atomic mass is 10.2. The van der Waals surface area contributed by atoms with Crippen molar-refractivity contribution in [2.75, 3.05) is 14.2 Å². The van der Waals surface area contributed by atoms with Gasteiger partial charge in [-0.1, -0.05) is 0 Å². The third-order valence-electron chi connectivity index (χ3n) is 3.36. The summed E-state index contributed by atoms with van der Waals surface area (Å²) >= 11 is 5.24. The fourth-order valence-corrected chi connectivity index (χ4v) is 2.37. The van der Waals surface area contributed by atoms with Gasteiger partial charge >= 0.3 is 0 Å². The number of hydrogen-bond donors (Lipinski definition) is 1. The molecular formula is C17H16N4O3S. The quantitative estimate of drug-likeness (QED) is 0.537. The molecule has 8 heteroatoms. The van der Waals surface area contributed by atoms with Crippen molar-refractivity contribution >= 4 is 24.5 Å². The normalized spacial score (nSPS) is 11.4. The Bertz CT molecular complexity index is 955. The molecule has 128 valence electrons. The van der Waals surface area contributed by atoms with E-state index in [-0.39, 0.29) is 0 Å². The minimum absolute atomic E-state index is 0.382. The van der Waals surface area contributed by atoms with Crippen molar-refractivity contribution < 1.29 is 13.9 Å². The number of aromatic nitrogens is 3. The Morgan fingerprint density at radius 2 is 2.08 bits per heavy atom. The van der Waals surface area contributed by atoms with Crippen molar-refractivity contribution in [3.63, 3.8) is 0 Å². The van der Waals surface area contributed by atoms with Gasteiger partial charge in [0.2, 0.25) is 4.77 Å². The van der Waals surface area contributed by atoms with E-state index in [2.05, 4.69) is 15.3 Å². The molecule has 25 heavy (non-hydrogen) atoms. The first-order valence-electron chi connectivity index (χ1n) is 7.37. The van der Waals surface area contributed by atoms with Crippen LogP contribution in [-0.4, -0.2) is 35.3 Å². The van der Waals surface area contributed by atoms with Crippen molar-refractivity contribution in [3.8, 4) is 22.9 Å². The standard InChI is InChI=1S/C17H16N4O3S/c1-22-14-8-7-12(11-15(14)23-2)16-19-20-17(25)21(16)18-9-3-5-13-6-4-10-24-13/h3-11H,1-2H3,(H,20,25). The van der Waals surface area contributed by atoms with Crippen LogP contribution < -0.4 is 9.47 Å². The number of furan rings is 1. The zero-order valence-electron chi connectivity index (χ0n) is 13.7. The Morgan fingerprint density at radius 3 is 2.80 bits per heavy atom. The van der Waals surface area contributed by atoms with E-state index in [9.17, 15) is 0 Å². The lowest BCUT2D eigenvalue weighted by molar-refractivity contribution is 0.355. The molecule has 0 aliphatic heterocycles. The van der Waals surface area contributed by atoms with Crippen LogP contribution in [0.15, 0.2) is 52.2 Å². The molecule has 1 aromatic carbocycles. The molecule has 0 atom stereocenters. The zero-order chi connectivity index (χ0) is 17.6. The fraction of sp³-hybridized carbons (Fsp3) is 0.118. The molecule has 2 heterocycles. The second-order valence-electron chi connectivity index (χ2n) is 4.87. The van der Waals surface area contributed by atoms with Crippen LogP contribution in [0.3, 0.4) is 0 Å². The Hall–Kier alpha value is -3.13. The highest BCUT2D eigenvalue weighted by molar-refractivity contribution is 7.71. The predicted molar refractivity (Wildman–Crippen MR) is 97.6 cm³/mol. The molecule has 0 fully saturated rings. The number of aromatic amines is 1. The molecule has 0 saturated heterocycles. The first-order valence-corrected chi connectivity index (χ1v) is 7.78. The number of nitrogens with zero attached hydrogens (tertiary/aromatic N) is 3. The van der Waals surface area contributed by atoms with Gasteiger partial charge < -0.3 is 13.9 Å². The van der Waals surface area contributed by atoms with Crippen LogP contribution in [0.5, 0.6) is 11.5 Å². The van der Waals surface area contributed by atoms with Crippen molar-refractivity contribution in [1.82, 2.24) is 14.9 Å². The summed E-state index contributed by atoms with van der Waals surface area (Å²) < 4.78 is 17.7. The van der Waals surface area contributed by atoms with Crippen LogP contribution in [0, 0.1) is 4.77 Å². The third kappa shape index (κ3) is 3.69. The van der Waals surface area contributed by atoms with Crippen LogP contribution in [0.1, 0.15) is 5.76 Å². The van der Waals surface area contributed by atoms with Crippen LogP contribution >= 0.6 is 12.2 Å². The summed E-state index contributed by atoms with van der Waals surface area (Å²) in [7, 11) is 3.17. The number of nitrogens with one attached hydrogen (secondary N) is 1. The van der Waals surface area contributed by atoms with Gasteiger partial charge in [0.25, 0.3) is 0 Å². The van der Waals surface area contributed by atoms with E-state index in [0.29, 0.717) is 22.1 Å². The van der Waals surface area contributed by atoms with E-state index in [1.165, 1.54) is 4.68 Å². The van der Waals surface area contributed by atoms with Gasteiger partial charge in [0.05, 0.1) is 20.5 Å². The molecule has 0 spiro atoms. The van der Waals surface area contributed by atoms with Crippen molar-refractivity contribution in [3.05, 3.63) is 53.2 Å². The van der Waals surface area contributed by atoms with Crippen molar-refractivity contribution in [1.29, 1.82) is 0 Å².